The van der Waals surface area contributed by atoms with Gasteiger partial charge in [-0.15, -0.1) is 5.10 Å². The number of hydrogen-bond acceptors (Lipinski definition) is 4. The average molecular weight is 283 g/mol. The van der Waals surface area contributed by atoms with Crippen molar-refractivity contribution in [3.8, 4) is 17.1 Å². The Kier molecular flexibility index (Phi) is 3.13. The molecular formula is C15H14FN5. The van der Waals surface area contributed by atoms with Crippen LogP contribution in [0.5, 0.6) is 0 Å². The lowest BCUT2D eigenvalue weighted by molar-refractivity contribution is 0.625. The van der Waals surface area contributed by atoms with Crippen molar-refractivity contribution in [1.29, 1.82) is 0 Å². The molecule has 0 aliphatic heterocycles. The molecule has 2 N–H and O–H groups in total. The maximum Gasteiger partial charge on any atom is 0.187 e. The minimum atomic E-state index is -0.286. The summed E-state index contributed by atoms with van der Waals surface area (Å²) < 4.78 is 14.8. The predicted octanol–water partition coefficient (Wildman–Crippen LogP) is 2.67. The van der Waals surface area contributed by atoms with Crippen molar-refractivity contribution in [3.63, 3.8) is 0 Å². The van der Waals surface area contributed by atoms with Crippen LogP contribution in [0.25, 0.3) is 17.1 Å². The summed E-state index contributed by atoms with van der Waals surface area (Å²) in [5.74, 6) is 0.283. The molecule has 0 radical (unpaired) electrons. The molecule has 6 heteroatoms. The molecule has 0 fully saturated rings. The van der Waals surface area contributed by atoms with Crippen molar-refractivity contribution in [1.82, 2.24) is 20.2 Å². The second-order valence-corrected chi connectivity index (χ2v) is 4.98. The minimum Gasteiger partial charge on any atom is -0.399 e. The molecule has 5 nitrogen and oxygen atoms in total. The Labute approximate surface area is 121 Å². The normalized spacial score (nSPS) is 10.8. The van der Waals surface area contributed by atoms with Crippen molar-refractivity contribution in [2.75, 3.05) is 5.73 Å². The van der Waals surface area contributed by atoms with E-state index in [9.17, 15) is 4.39 Å². The summed E-state index contributed by atoms with van der Waals surface area (Å²) in [6.07, 6.45) is 0. The van der Waals surface area contributed by atoms with Crippen molar-refractivity contribution in [2.24, 2.45) is 0 Å². The van der Waals surface area contributed by atoms with Gasteiger partial charge in [0.05, 0.1) is 5.69 Å². The smallest absolute Gasteiger partial charge is 0.187 e. The van der Waals surface area contributed by atoms with Gasteiger partial charge in [-0.3, -0.25) is 0 Å². The molecule has 1 heterocycles. The third-order valence-electron chi connectivity index (χ3n) is 3.21. The molecule has 0 atom stereocenters. The molecule has 1 aromatic heterocycles. The zero-order valence-corrected chi connectivity index (χ0v) is 11.7. The van der Waals surface area contributed by atoms with Crippen molar-refractivity contribution in [2.45, 2.75) is 13.8 Å². The van der Waals surface area contributed by atoms with Gasteiger partial charge in [-0.05, 0) is 71.8 Å². The highest BCUT2D eigenvalue weighted by Gasteiger charge is 2.13. The third-order valence-corrected chi connectivity index (χ3v) is 3.21. The summed E-state index contributed by atoms with van der Waals surface area (Å²) >= 11 is 0. The van der Waals surface area contributed by atoms with Crippen LogP contribution in [0.3, 0.4) is 0 Å². The van der Waals surface area contributed by atoms with E-state index in [1.807, 2.05) is 32.0 Å². The van der Waals surface area contributed by atoms with Gasteiger partial charge in [0.2, 0.25) is 0 Å². The molecule has 0 aliphatic carbocycles. The fraction of sp³-hybridized carbons (Fsp3) is 0.133. The molecule has 3 aromatic rings. The van der Waals surface area contributed by atoms with Gasteiger partial charge in [-0.2, -0.15) is 4.68 Å². The topological polar surface area (TPSA) is 69.6 Å². The number of nitrogen functional groups attached to an aromatic ring is 1. The van der Waals surface area contributed by atoms with Gasteiger partial charge in [0.25, 0.3) is 0 Å². The number of nitrogens with zero attached hydrogens (tertiary/aromatic N) is 4. The number of anilines is 1. The molecule has 0 amide bonds. The number of rotatable bonds is 2. The fourth-order valence-electron chi connectivity index (χ4n) is 2.33. The fourth-order valence-corrected chi connectivity index (χ4v) is 2.33. The third kappa shape index (κ3) is 2.47. The average Bonchev–Trinajstić information content (AvgIpc) is 2.86. The molecule has 0 saturated heterocycles. The number of nitrogens with two attached hydrogens (primary N) is 1. The molecule has 0 bridgehead atoms. The molecule has 21 heavy (non-hydrogen) atoms. The van der Waals surface area contributed by atoms with Crippen LogP contribution in [0, 0.1) is 19.7 Å². The van der Waals surface area contributed by atoms with E-state index in [-0.39, 0.29) is 5.82 Å². The first-order valence-corrected chi connectivity index (χ1v) is 6.47. The monoisotopic (exact) mass is 283 g/mol. The highest BCUT2D eigenvalue weighted by molar-refractivity contribution is 5.64. The van der Waals surface area contributed by atoms with Crippen LogP contribution in [0.15, 0.2) is 36.4 Å². The van der Waals surface area contributed by atoms with Gasteiger partial charge in [0.15, 0.2) is 5.82 Å². The Morgan fingerprint density at radius 1 is 1.10 bits per heavy atom. The first kappa shape index (κ1) is 13.2. The van der Waals surface area contributed by atoms with E-state index in [0.717, 1.165) is 22.4 Å². The maximum absolute atomic E-state index is 13.2. The van der Waals surface area contributed by atoms with Gasteiger partial charge < -0.3 is 5.73 Å². The van der Waals surface area contributed by atoms with Crippen LogP contribution in [-0.4, -0.2) is 20.2 Å². The van der Waals surface area contributed by atoms with Crippen molar-refractivity contribution >= 4 is 5.69 Å². The van der Waals surface area contributed by atoms with Crippen LogP contribution in [0.4, 0.5) is 10.1 Å². The van der Waals surface area contributed by atoms with E-state index < -0.39 is 0 Å². The lowest BCUT2D eigenvalue weighted by Crippen LogP contribution is -2.03. The van der Waals surface area contributed by atoms with E-state index in [4.69, 9.17) is 5.73 Å². The van der Waals surface area contributed by atoms with E-state index in [2.05, 4.69) is 15.5 Å². The molecule has 0 aliphatic rings. The summed E-state index contributed by atoms with van der Waals surface area (Å²) in [6, 6.07) is 10.1. The summed E-state index contributed by atoms with van der Waals surface area (Å²) in [5, 5.41) is 11.8. The zero-order valence-electron chi connectivity index (χ0n) is 11.7. The molecule has 2 aromatic carbocycles. The van der Waals surface area contributed by atoms with E-state index in [1.54, 1.807) is 10.7 Å². The highest BCUT2D eigenvalue weighted by atomic mass is 19.1. The number of tetrazole rings is 1. The second-order valence-electron chi connectivity index (χ2n) is 4.98. The second kappa shape index (κ2) is 4.97. The predicted molar refractivity (Wildman–Crippen MR) is 78.4 cm³/mol. The Bertz CT molecular complexity index is 789. The largest absolute Gasteiger partial charge is 0.399 e. The highest BCUT2D eigenvalue weighted by Crippen LogP contribution is 2.24. The molecule has 0 saturated carbocycles. The first-order valence-electron chi connectivity index (χ1n) is 6.47. The minimum absolute atomic E-state index is 0.286. The molecule has 0 unspecified atom stereocenters. The number of aromatic nitrogens is 4. The molecule has 0 spiro atoms. The van der Waals surface area contributed by atoms with Gasteiger partial charge in [0, 0.05) is 11.3 Å². The lowest BCUT2D eigenvalue weighted by Gasteiger charge is -2.09. The van der Waals surface area contributed by atoms with E-state index in [0.29, 0.717) is 11.5 Å². The van der Waals surface area contributed by atoms with Crippen LogP contribution < -0.4 is 5.73 Å². The van der Waals surface area contributed by atoms with E-state index in [1.165, 1.54) is 12.1 Å². The number of benzene rings is 2. The van der Waals surface area contributed by atoms with Gasteiger partial charge >= 0.3 is 0 Å². The Morgan fingerprint density at radius 3 is 2.62 bits per heavy atom. The summed E-state index contributed by atoms with van der Waals surface area (Å²) in [7, 11) is 0. The summed E-state index contributed by atoms with van der Waals surface area (Å²) in [5.41, 5.74) is 9.86. The van der Waals surface area contributed by atoms with Gasteiger partial charge in [-0.25, -0.2) is 4.39 Å². The Balaban J connectivity index is 2.17. The zero-order chi connectivity index (χ0) is 15.0. The Morgan fingerprint density at radius 2 is 1.90 bits per heavy atom. The summed E-state index contributed by atoms with van der Waals surface area (Å²) in [4.78, 5) is 0. The standard InChI is InChI=1S/C15H14FN5/c1-9-5-11(8-13(17)6-9)15-18-19-20-21(15)14-4-3-12(16)7-10(14)2/h3-8H,17H2,1-2H3. The van der Waals surface area contributed by atoms with Crippen LogP contribution >= 0.6 is 0 Å². The number of aryl methyl sites for hydroxylation is 2. The van der Waals surface area contributed by atoms with Gasteiger partial charge in [-0.1, -0.05) is 0 Å². The SMILES string of the molecule is Cc1cc(N)cc(-c2nnnn2-c2ccc(F)cc2C)c1. The van der Waals surface area contributed by atoms with Crippen LogP contribution in [0.2, 0.25) is 0 Å². The molecule has 3 rings (SSSR count). The number of halogens is 1. The molecular weight excluding hydrogens is 269 g/mol. The van der Waals surface area contributed by atoms with Crippen LogP contribution in [-0.2, 0) is 0 Å². The van der Waals surface area contributed by atoms with Crippen molar-refractivity contribution in [3.05, 3.63) is 53.3 Å². The number of hydrogen-bond donors (Lipinski definition) is 1. The Hall–Kier alpha value is -2.76. The van der Waals surface area contributed by atoms with Crippen molar-refractivity contribution < 1.29 is 4.39 Å². The van der Waals surface area contributed by atoms with E-state index >= 15 is 0 Å². The first-order chi connectivity index (χ1) is 10.0. The maximum atomic E-state index is 13.2. The summed E-state index contributed by atoms with van der Waals surface area (Å²) in [6.45, 7) is 3.77. The quantitative estimate of drug-likeness (QED) is 0.734. The lowest BCUT2D eigenvalue weighted by atomic mass is 10.1. The van der Waals surface area contributed by atoms with Gasteiger partial charge in [0.1, 0.15) is 5.82 Å². The van der Waals surface area contributed by atoms with Crippen LogP contribution in [0.1, 0.15) is 11.1 Å². The molecule has 106 valence electrons.